The van der Waals surface area contributed by atoms with E-state index in [0.717, 1.165) is 5.56 Å². The largest absolute Gasteiger partial charge is 0.493 e. The number of carbonyl (C=O) groups is 1. The van der Waals surface area contributed by atoms with Crippen molar-refractivity contribution in [3.05, 3.63) is 59.7 Å². The molecule has 0 saturated carbocycles. The van der Waals surface area contributed by atoms with E-state index in [9.17, 15) is 15.0 Å². The second-order valence-corrected chi connectivity index (χ2v) is 6.07. The Hall–Kier alpha value is -2.41. The highest BCUT2D eigenvalue weighted by molar-refractivity contribution is 5.94. The van der Waals surface area contributed by atoms with Gasteiger partial charge in [-0.15, -0.1) is 0 Å². The lowest BCUT2D eigenvalue weighted by molar-refractivity contribution is -0.668. The third kappa shape index (κ3) is 5.84. The molecule has 26 heavy (non-hydrogen) atoms. The number of Topliss-reactive ketones (excluding diaryl/α,β-unsaturated/α-hetero) is 1. The van der Waals surface area contributed by atoms with E-state index in [-0.39, 0.29) is 12.4 Å². The second kappa shape index (κ2) is 9.91. The van der Waals surface area contributed by atoms with Crippen LogP contribution in [0.3, 0.4) is 0 Å². The molecule has 0 aliphatic rings. The average molecular weight is 360 g/mol. The molecule has 0 fully saturated rings. The van der Waals surface area contributed by atoms with Gasteiger partial charge in [-0.25, -0.2) is 0 Å². The van der Waals surface area contributed by atoms with Crippen LogP contribution < -0.4 is 14.8 Å². The normalized spacial score (nSPS) is 13.1. The van der Waals surface area contributed by atoms with Gasteiger partial charge in [0.2, 0.25) is 0 Å². The molecule has 6 heteroatoms. The second-order valence-electron chi connectivity index (χ2n) is 6.07. The molecule has 2 aromatic rings. The number of hydrogen-bond donors (Lipinski definition) is 3. The standard InChI is InChI=1S/C20H25NO5/c1-14(22)16-8-9-19(20(10-16)25-2)26-13-17(23)11-21-12-18(24)15-6-4-3-5-7-15/h3-10,17-18,21,23-24H,11-13H2,1-2H3/p+1/t17-,18-/m0/s1. The van der Waals surface area contributed by atoms with Gasteiger partial charge in [0.15, 0.2) is 17.3 Å². The van der Waals surface area contributed by atoms with Crippen LogP contribution in [0.2, 0.25) is 0 Å². The van der Waals surface area contributed by atoms with Gasteiger partial charge in [-0.3, -0.25) is 4.79 Å². The maximum absolute atomic E-state index is 11.4. The SMILES string of the molecule is COc1cc(C(C)=O)ccc1OC[C@@H](O)C[NH2+]C[C@H](O)c1ccccc1. The quantitative estimate of drug-likeness (QED) is 0.548. The Bertz CT molecular complexity index is 705. The molecule has 0 aliphatic carbocycles. The molecule has 0 spiro atoms. The van der Waals surface area contributed by atoms with Crippen molar-refractivity contribution in [3.8, 4) is 11.5 Å². The molecule has 0 heterocycles. The molecular weight excluding hydrogens is 334 g/mol. The summed E-state index contributed by atoms with van der Waals surface area (Å²) in [4.78, 5) is 11.4. The van der Waals surface area contributed by atoms with E-state index in [4.69, 9.17) is 9.47 Å². The van der Waals surface area contributed by atoms with Crippen molar-refractivity contribution in [1.29, 1.82) is 0 Å². The molecule has 0 aromatic heterocycles. The van der Waals surface area contributed by atoms with E-state index in [1.165, 1.54) is 14.0 Å². The zero-order valence-electron chi connectivity index (χ0n) is 15.1. The minimum Gasteiger partial charge on any atom is -0.493 e. The van der Waals surface area contributed by atoms with Gasteiger partial charge in [-0.2, -0.15) is 0 Å². The lowest BCUT2D eigenvalue weighted by Gasteiger charge is -2.15. The first kappa shape index (κ1) is 19.9. The summed E-state index contributed by atoms with van der Waals surface area (Å²) in [6.45, 7) is 2.43. The number of benzene rings is 2. The van der Waals surface area contributed by atoms with Gasteiger partial charge in [-0.05, 0) is 30.7 Å². The summed E-state index contributed by atoms with van der Waals surface area (Å²) in [5.74, 6) is 0.871. The smallest absolute Gasteiger partial charge is 0.161 e. The average Bonchev–Trinajstić information content (AvgIpc) is 2.66. The molecule has 0 bridgehead atoms. The predicted molar refractivity (Wildman–Crippen MR) is 97.6 cm³/mol. The first-order valence-corrected chi connectivity index (χ1v) is 8.55. The molecule has 0 unspecified atom stereocenters. The van der Waals surface area contributed by atoms with Crippen LogP contribution in [0.4, 0.5) is 0 Å². The first-order valence-electron chi connectivity index (χ1n) is 8.55. The van der Waals surface area contributed by atoms with E-state index in [2.05, 4.69) is 0 Å². The number of ether oxygens (including phenoxy) is 2. The van der Waals surface area contributed by atoms with Gasteiger partial charge < -0.3 is 25.0 Å². The Morgan fingerprint density at radius 3 is 2.46 bits per heavy atom. The van der Waals surface area contributed by atoms with Crippen LogP contribution in [-0.2, 0) is 0 Å². The number of methoxy groups -OCH3 is 1. The van der Waals surface area contributed by atoms with Gasteiger partial charge in [0.1, 0.15) is 31.9 Å². The van der Waals surface area contributed by atoms with Crippen LogP contribution in [0.15, 0.2) is 48.5 Å². The molecule has 2 rings (SSSR count). The van der Waals surface area contributed by atoms with Crippen molar-refractivity contribution < 1.29 is 29.8 Å². The Labute approximate surface area is 153 Å². The Morgan fingerprint density at radius 1 is 1.08 bits per heavy atom. The van der Waals surface area contributed by atoms with E-state index in [1.54, 1.807) is 18.2 Å². The van der Waals surface area contributed by atoms with E-state index < -0.39 is 12.2 Å². The van der Waals surface area contributed by atoms with E-state index >= 15 is 0 Å². The number of carbonyl (C=O) groups excluding carboxylic acids is 1. The third-order valence-electron chi connectivity index (χ3n) is 4.01. The molecule has 6 nitrogen and oxygen atoms in total. The summed E-state index contributed by atoms with van der Waals surface area (Å²) in [5, 5.41) is 22.0. The molecule has 0 radical (unpaired) electrons. The molecule has 140 valence electrons. The zero-order chi connectivity index (χ0) is 18.9. The number of rotatable bonds is 10. The molecule has 2 aromatic carbocycles. The molecule has 4 N–H and O–H groups in total. The van der Waals surface area contributed by atoms with Crippen LogP contribution in [0.25, 0.3) is 0 Å². The van der Waals surface area contributed by atoms with Crippen LogP contribution >= 0.6 is 0 Å². The molecule has 2 atom stereocenters. The molecule has 0 saturated heterocycles. The van der Waals surface area contributed by atoms with Crippen molar-refractivity contribution in [2.45, 2.75) is 19.1 Å². The summed E-state index contributed by atoms with van der Waals surface area (Å²) in [6, 6.07) is 14.3. The van der Waals surface area contributed by atoms with Crippen molar-refractivity contribution in [1.82, 2.24) is 0 Å². The van der Waals surface area contributed by atoms with Crippen LogP contribution in [0, 0.1) is 0 Å². The zero-order valence-corrected chi connectivity index (χ0v) is 15.1. The number of aliphatic hydroxyl groups is 2. The fourth-order valence-corrected chi connectivity index (χ4v) is 2.52. The fourth-order valence-electron chi connectivity index (χ4n) is 2.52. The van der Waals surface area contributed by atoms with Gasteiger partial charge in [-0.1, -0.05) is 30.3 Å². The van der Waals surface area contributed by atoms with Crippen LogP contribution in [0.1, 0.15) is 28.9 Å². The van der Waals surface area contributed by atoms with Crippen molar-refractivity contribution in [2.24, 2.45) is 0 Å². The van der Waals surface area contributed by atoms with E-state index in [1.807, 2.05) is 35.6 Å². The van der Waals surface area contributed by atoms with Gasteiger partial charge in [0.25, 0.3) is 0 Å². The topological polar surface area (TPSA) is 92.6 Å². The fraction of sp³-hybridized carbons (Fsp3) is 0.350. The van der Waals surface area contributed by atoms with Gasteiger partial charge in [0, 0.05) is 5.56 Å². The van der Waals surface area contributed by atoms with Crippen molar-refractivity contribution >= 4 is 5.78 Å². The van der Waals surface area contributed by atoms with Crippen LogP contribution in [-0.4, -0.2) is 48.9 Å². The summed E-state index contributed by atoms with van der Waals surface area (Å²) in [5.41, 5.74) is 1.39. The Balaban J connectivity index is 1.78. The van der Waals surface area contributed by atoms with Crippen molar-refractivity contribution in [2.75, 3.05) is 26.8 Å². The molecule has 0 amide bonds. The maximum atomic E-state index is 11.4. The minimum absolute atomic E-state index is 0.0542. The number of hydrogen-bond acceptors (Lipinski definition) is 5. The number of quaternary nitrogens is 1. The van der Waals surface area contributed by atoms with Crippen molar-refractivity contribution in [3.63, 3.8) is 0 Å². The predicted octanol–water partition coefficient (Wildman–Crippen LogP) is 0.934. The van der Waals surface area contributed by atoms with Gasteiger partial charge in [0.05, 0.1) is 7.11 Å². The summed E-state index contributed by atoms with van der Waals surface area (Å²) < 4.78 is 10.8. The third-order valence-corrected chi connectivity index (χ3v) is 4.01. The lowest BCUT2D eigenvalue weighted by Crippen LogP contribution is -2.87. The molecular formula is C20H26NO5+. The number of aliphatic hydroxyl groups excluding tert-OH is 2. The monoisotopic (exact) mass is 360 g/mol. The number of nitrogens with two attached hydrogens (primary N) is 1. The van der Waals surface area contributed by atoms with E-state index in [0.29, 0.717) is 30.2 Å². The van der Waals surface area contributed by atoms with Gasteiger partial charge >= 0.3 is 0 Å². The number of ketones is 1. The molecule has 0 aliphatic heterocycles. The summed E-state index contributed by atoms with van der Waals surface area (Å²) in [7, 11) is 1.50. The summed E-state index contributed by atoms with van der Waals surface area (Å²) in [6.07, 6.45) is -1.28. The highest BCUT2D eigenvalue weighted by Crippen LogP contribution is 2.28. The summed E-state index contributed by atoms with van der Waals surface area (Å²) >= 11 is 0. The first-order chi connectivity index (χ1) is 12.5. The highest BCUT2D eigenvalue weighted by Gasteiger charge is 2.14. The van der Waals surface area contributed by atoms with Crippen LogP contribution in [0.5, 0.6) is 11.5 Å². The lowest BCUT2D eigenvalue weighted by atomic mass is 10.1. The Kier molecular flexibility index (Phi) is 7.59. The highest BCUT2D eigenvalue weighted by atomic mass is 16.5. The maximum Gasteiger partial charge on any atom is 0.161 e. The Morgan fingerprint density at radius 2 is 1.81 bits per heavy atom. The minimum atomic E-state index is -0.699.